The molecule has 0 aliphatic rings. The van der Waals surface area contributed by atoms with E-state index in [1.807, 2.05) is 37.3 Å². The molecule has 24 heavy (non-hydrogen) atoms. The summed E-state index contributed by atoms with van der Waals surface area (Å²) in [5, 5.41) is 4.76. The van der Waals surface area contributed by atoms with E-state index in [2.05, 4.69) is 9.82 Å². The molecule has 1 aromatic heterocycles. The number of aromatic nitrogens is 2. The predicted octanol–water partition coefficient (Wildman–Crippen LogP) is 4.29. The smallest absolute Gasteiger partial charge is 0.262 e. The van der Waals surface area contributed by atoms with Crippen molar-refractivity contribution in [1.29, 1.82) is 0 Å². The first-order valence-corrected chi connectivity index (χ1v) is 9.21. The van der Waals surface area contributed by atoms with Crippen molar-refractivity contribution in [2.24, 2.45) is 0 Å². The largest absolute Gasteiger partial charge is 0.263 e. The minimum absolute atomic E-state index is 0.0174. The fourth-order valence-electron chi connectivity index (χ4n) is 2.20. The first kappa shape index (κ1) is 16.8. The summed E-state index contributed by atoms with van der Waals surface area (Å²) < 4.78 is 29.0. The van der Waals surface area contributed by atoms with Crippen LogP contribution in [0.3, 0.4) is 0 Å². The van der Waals surface area contributed by atoms with Crippen molar-refractivity contribution < 1.29 is 8.42 Å². The standard InChI is InChI=1S/C16H13Cl2N3O2S/c1-11-9-16(19-21(11)12-5-3-2-4-6-12)20-24(22,23)13-7-8-14(17)15(18)10-13/h2-10H,1H3,(H,19,20). The summed E-state index contributed by atoms with van der Waals surface area (Å²) in [7, 11) is -3.81. The summed E-state index contributed by atoms with van der Waals surface area (Å²) in [6.07, 6.45) is 0. The van der Waals surface area contributed by atoms with Crippen molar-refractivity contribution in [3.8, 4) is 5.69 Å². The molecule has 5 nitrogen and oxygen atoms in total. The van der Waals surface area contributed by atoms with E-state index in [4.69, 9.17) is 23.2 Å². The number of anilines is 1. The minimum atomic E-state index is -3.81. The van der Waals surface area contributed by atoms with Crippen molar-refractivity contribution in [1.82, 2.24) is 9.78 Å². The van der Waals surface area contributed by atoms with Crippen LogP contribution in [0.2, 0.25) is 10.0 Å². The van der Waals surface area contributed by atoms with Gasteiger partial charge in [-0.15, -0.1) is 5.10 Å². The van der Waals surface area contributed by atoms with E-state index < -0.39 is 10.0 Å². The average molecular weight is 382 g/mol. The van der Waals surface area contributed by atoms with Crippen molar-refractivity contribution in [3.63, 3.8) is 0 Å². The number of sulfonamides is 1. The number of aryl methyl sites for hydroxylation is 1. The number of hydrogen-bond donors (Lipinski definition) is 1. The molecule has 3 aromatic rings. The van der Waals surface area contributed by atoms with E-state index in [1.165, 1.54) is 18.2 Å². The van der Waals surface area contributed by atoms with E-state index in [9.17, 15) is 8.42 Å². The molecule has 0 saturated carbocycles. The number of benzene rings is 2. The molecule has 0 fully saturated rings. The second-order valence-corrected chi connectivity index (χ2v) is 7.60. The number of rotatable bonds is 4. The SMILES string of the molecule is Cc1cc(NS(=O)(=O)c2ccc(Cl)c(Cl)c2)nn1-c1ccccc1. The third-order valence-corrected chi connectivity index (χ3v) is 5.42. The van der Waals surface area contributed by atoms with Gasteiger partial charge in [0.25, 0.3) is 10.0 Å². The molecule has 2 aromatic carbocycles. The molecule has 8 heteroatoms. The number of halogens is 2. The van der Waals surface area contributed by atoms with Gasteiger partial charge in [0, 0.05) is 11.8 Å². The second kappa shape index (κ2) is 6.47. The quantitative estimate of drug-likeness (QED) is 0.732. The minimum Gasteiger partial charge on any atom is -0.262 e. The highest BCUT2D eigenvalue weighted by Crippen LogP contribution is 2.26. The second-order valence-electron chi connectivity index (χ2n) is 5.10. The lowest BCUT2D eigenvalue weighted by Gasteiger charge is -2.06. The predicted molar refractivity (Wildman–Crippen MR) is 95.6 cm³/mol. The Bertz CT molecular complexity index is 986. The van der Waals surface area contributed by atoms with E-state index in [0.717, 1.165) is 11.4 Å². The van der Waals surface area contributed by atoms with Gasteiger partial charge in [-0.3, -0.25) is 4.72 Å². The van der Waals surface area contributed by atoms with E-state index >= 15 is 0 Å². The van der Waals surface area contributed by atoms with Gasteiger partial charge in [0.2, 0.25) is 0 Å². The lowest BCUT2D eigenvalue weighted by molar-refractivity contribution is 0.601. The highest BCUT2D eigenvalue weighted by molar-refractivity contribution is 7.92. The Kier molecular flexibility index (Phi) is 4.54. The van der Waals surface area contributed by atoms with E-state index in [-0.39, 0.29) is 15.7 Å². The van der Waals surface area contributed by atoms with Crippen LogP contribution in [0.1, 0.15) is 5.69 Å². The molecule has 0 atom stereocenters. The van der Waals surface area contributed by atoms with Gasteiger partial charge in [-0.1, -0.05) is 41.4 Å². The topological polar surface area (TPSA) is 64.0 Å². The Morgan fingerprint density at radius 2 is 1.71 bits per heavy atom. The molecule has 0 saturated heterocycles. The molecular formula is C16H13Cl2N3O2S. The zero-order chi connectivity index (χ0) is 17.3. The Hall–Kier alpha value is -2.02. The molecule has 0 unspecified atom stereocenters. The summed E-state index contributed by atoms with van der Waals surface area (Å²) in [6.45, 7) is 1.84. The monoisotopic (exact) mass is 381 g/mol. The van der Waals surface area contributed by atoms with Gasteiger partial charge in [-0.05, 0) is 37.3 Å². The maximum Gasteiger partial charge on any atom is 0.263 e. The first-order valence-electron chi connectivity index (χ1n) is 6.97. The molecule has 0 aliphatic carbocycles. The molecule has 0 radical (unpaired) electrons. The third kappa shape index (κ3) is 3.40. The zero-order valence-electron chi connectivity index (χ0n) is 12.6. The van der Waals surface area contributed by atoms with Gasteiger partial charge >= 0.3 is 0 Å². The van der Waals surface area contributed by atoms with Crippen LogP contribution in [0.4, 0.5) is 5.82 Å². The maximum atomic E-state index is 12.5. The molecule has 124 valence electrons. The van der Waals surface area contributed by atoms with Crippen LogP contribution in [0.5, 0.6) is 0 Å². The molecule has 0 amide bonds. The summed E-state index contributed by atoms with van der Waals surface area (Å²) in [5.41, 5.74) is 1.64. The van der Waals surface area contributed by atoms with Crippen molar-refractivity contribution in [2.45, 2.75) is 11.8 Å². The molecule has 0 spiro atoms. The third-order valence-electron chi connectivity index (χ3n) is 3.33. The fourth-order valence-corrected chi connectivity index (χ4v) is 3.57. The van der Waals surface area contributed by atoms with Crippen LogP contribution >= 0.6 is 23.2 Å². The Balaban J connectivity index is 1.92. The summed E-state index contributed by atoms with van der Waals surface area (Å²) in [6, 6.07) is 15.2. The normalized spacial score (nSPS) is 11.5. The number of para-hydroxylation sites is 1. The molecule has 1 N–H and O–H groups in total. The van der Waals surface area contributed by atoms with Gasteiger partial charge in [0.05, 0.1) is 20.6 Å². The lowest BCUT2D eigenvalue weighted by Crippen LogP contribution is -2.13. The van der Waals surface area contributed by atoms with E-state index in [1.54, 1.807) is 10.7 Å². The fraction of sp³-hybridized carbons (Fsp3) is 0.0625. The average Bonchev–Trinajstić information content (AvgIpc) is 2.90. The highest BCUT2D eigenvalue weighted by atomic mass is 35.5. The van der Waals surface area contributed by atoms with Crippen LogP contribution < -0.4 is 4.72 Å². The molecule has 1 heterocycles. The zero-order valence-corrected chi connectivity index (χ0v) is 14.9. The van der Waals surface area contributed by atoms with Gasteiger partial charge < -0.3 is 0 Å². The molecule has 3 rings (SSSR count). The van der Waals surface area contributed by atoms with Gasteiger partial charge in [-0.2, -0.15) is 0 Å². The van der Waals surface area contributed by atoms with Crippen molar-refractivity contribution >= 4 is 39.0 Å². The Morgan fingerprint density at radius 3 is 2.38 bits per heavy atom. The van der Waals surface area contributed by atoms with Crippen LogP contribution in [-0.4, -0.2) is 18.2 Å². The Labute approximate surface area is 149 Å². The van der Waals surface area contributed by atoms with Crippen LogP contribution in [0.15, 0.2) is 59.5 Å². The van der Waals surface area contributed by atoms with Crippen molar-refractivity contribution in [2.75, 3.05) is 4.72 Å². The Morgan fingerprint density at radius 1 is 1.00 bits per heavy atom. The van der Waals surface area contributed by atoms with Crippen LogP contribution in [0, 0.1) is 6.92 Å². The highest BCUT2D eigenvalue weighted by Gasteiger charge is 2.18. The summed E-state index contributed by atoms with van der Waals surface area (Å²) in [4.78, 5) is 0.0174. The number of hydrogen-bond acceptors (Lipinski definition) is 3. The molecule has 0 bridgehead atoms. The summed E-state index contributed by atoms with van der Waals surface area (Å²) in [5.74, 6) is 0.224. The molecule has 0 aliphatic heterocycles. The number of nitrogens with zero attached hydrogens (tertiary/aromatic N) is 2. The maximum absolute atomic E-state index is 12.5. The van der Waals surface area contributed by atoms with Gasteiger partial charge in [0.15, 0.2) is 5.82 Å². The van der Waals surface area contributed by atoms with Crippen LogP contribution in [-0.2, 0) is 10.0 Å². The summed E-state index contributed by atoms with van der Waals surface area (Å²) >= 11 is 11.7. The van der Waals surface area contributed by atoms with Crippen molar-refractivity contribution in [3.05, 3.63) is 70.3 Å². The van der Waals surface area contributed by atoms with Gasteiger partial charge in [0.1, 0.15) is 0 Å². The first-order chi connectivity index (χ1) is 11.4. The lowest BCUT2D eigenvalue weighted by atomic mass is 10.3. The van der Waals surface area contributed by atoms with Crippen LogP contribution in [0.25, 0.3) is 5.69 Å². The van der Waals surface area contributed by atoms with Gasteiger partial charge in [-0.25, -0.2) is 13.1 Å². The number of nitrogens with one attached hydrogen (secondary N) is 1. The van der Waals surface area contributed by atoms with E-state index in [0.29, 0.717) is 5.02 Å². The molecular weight excluding hydrogens is 369 g/mol.